The third-order valence-corrected chi connectivity index (χ3v) is 8.61. The normalized spacial score (nSPS) is 17.9. The maximum Gasteiger partial charge on any atom is 0.0629 e. The Morgan fingerprint density at radius 3 is 1.88 bits per heavy atom. The molecule has 5 aromatic carbocycles. The van der Waals surface area contributed by atoms with Crippen LogP contribution in [0.15, 0.2) is 162 Å². The molecular formula is C40H30BrN. The van der Waals surface area contributed by atoms with Crippen LogP contribution < -0.4 is 4.90 Å². The van der Waals surface area contributed by atoms with Crippen molar-refractivity contribution in [3.05, 3.63) is 190 Å². The molecule has 0 saturated heterocycles. The minimum absolute atomic E-state index is 0.192. The summed E-state index contributed by atoms with van der Waals surface area (Å²) in [5, 5.41) is 0. The molecule has 2 heteroatoms. The first-order valence-electron chi connectivity index (χ1n) is 14.4. The highest BCUT2D eigenvalue weighted by atomic mass is 79.9. The number of nitrogens with zero attached hydrogens (tertiary/aromatic N) is 1. The van der Waals surface area contributed by atoms with Gasteiger partial charge >= 0.3 is 0 Å². The van der Waals surface area contributed by atoms with E-state index in [4.69, 9.17) is 0 Å². The SMILES string of the molecule is Brc1ccc(/C=C2/c3ccccc3N(c3ccc(C=C(c4ccccc4)c4ccccc4)cc3)C3C=CC=CC23)cc1. The average Bonchev–Trinajstić information content (AvgIpc) is 3.06. The molecule has 0 fully saturated rings. The molecule has 2 unspecified atom stereocenters. The molecule has 202 valence electrons. The van der Waals surface area contributed by atoms with Crippen LogP contribution in [-0.2, 0) is 0 Å². The van der Waals surface area contributed by atoms with E-state index in [-0.39, 0.29) is 12.0 Å². The second-order valence-corrected chi connectivity index (χ2v) is 11.6. The summed E-state index contributed by atoms with van der Waals surface area (Å²) < 4.78 is 1.09. The first kappa shape index (κ1) is 26.3. The minimum atomic E-state index is 0.192. The van der Waals surface area contributed by atoms with Crippen molar-refractivity contribution in [2.24, 2.45) is 5.92 Å². The van der Waals surface area contributed by atoms with Crippen LogP contribution in [0.3, 0.4) is 0 Å². The van der Waals surface area contributed by atoms with E-state index in [1.54, 1.807) is 0 Å². The van der Waals surface area contributed by atoms with Gasteiger partial charge in [0.05, 0.1) is 6.04 Å². The maximum atomic E-state index is 3.58. The summed E-state index contributed by atoms with van der Waals surface area (Å²) in [6.07, 6.45) is 13.7. The van der Waals surface area contributed by atoms with E-state index < -0.39 is 0 Å². The van der Waals surface area contributed by atoms with Crippen molar-refractivity contribution in [2.75, 3.05) is 4.90 Å². The summed E-state index contributed by atoms with van der Waals surface area (Å²) >= 11 is 3.58. The molecule has 0 radical (unpaired) electrons. The van der Waals surface area contributed by atoms with Crippen molar-refractivity contribution < 1.29 is 0 Å². The fourth-order valence-electron chi connectivity index (χ4n) is 6.09. The summed E-state index contributed by atoms with van der Waals surface area (Å²) in [5.41, 5.74) is 11.1. The first-order valence-corrected chi connectivity index (χ1v) is 15.2. The lowest BCUT2D eigenvalue weighted by atomic mass is 9.78. The lowest BCUT2D eigenvalue weighted by Crippen LogP contribution is -2.40. The number of rotatable bonds is 5. The molecule has 1 heterocycles. The highest BCUT2D eigenvalue weighted by Crippen LogP contribution is 2.47. The number of benzene rings is 5. The quantitative estimate of drug-likeness (QED) is 0.181. The fraction of sp³-hybridized carbons (Fsp3) is 0.0500. The van der Waals surface area contributed by atoms with Crippen LogP contribution in [0, 0.1) is 5.92 Å². The van der Waals surface area contributed by atoms with Gasteiger partial charge in [-0.1, -0.05) is 149 Å². The van der Waals surface area contributed by atoms with E-state index in [1.165, 1.54) is 50.3 Å². The molecule has 0 spiro atoms. The lowest BCUT2D eigenvalue weighted by molar-refractivity contribution is 0.662. The van der Waals surface area contributed by atoms with Gasteiger partial charge in [0, 0.05) is 27.3 Å². The van der Waals surface area contributed by atoms with E-state index in [9.17, 15) is 0 Å². The lowest BCUT2D eigenvalue weighted by Gasteiger charge is -2.44. The molecule has 5 aromatic rings. The van der Waals surface area contributed by atoms with Crippen molar-refractivity contribution in [2.45, 2.75) is 6.04 Å². The van der Waals surface area contributed by atoms with E-state index in [2.05, 4.69) is 191 Å². The molecule has 0 N–H and O–H groups in total. The Bertz CT molecular complexity index is 1770. The number of anilines is 2. The minimum Gasteiger partial charge on any atom is -0.333 e. The van der Waals surface area contributed by atoms with Gasteiger partial charge in [-0.3, -0.25) is 0 Å². The smallest absolute Gasteiger partial charge is 0.0629 e. The number of halogens is 1. The number of hydrogen-bond donors (Lipinski definition) is 0. The van der Waals surface area contributed by atoms with Crippen LogP contribution >= 0.6 is 15.9 Å². The van der Waals surface area contributed by atoms with Crippen molar-refractivity contribution in [1.29, 1.82) is 0 Å². The van der Waals surface area contributed by atoms with Gasteiger partial charge in [-0.2, -0.15) is 0 Å². The molecule has 2 atom stereocenters. The zero-order chi connectivity index (χ0) is 28.3. The molecule has 0 saturated carbocycles. The molecule has 1 nitrogen and oxygen atoms in total. The Labute approximate surface area is 256 Å². The molecule has 7 rings (SSSR count). The van der Waals surface area contributed by atoms with E-state index in [0.29, 0.717) is 0 Å². The first-order chi connectivity index (χ1) is 20.7. The van der Waals surface area contributed by atoms with Crippen molar-refractivity contribution in [3.8, 4) is 0 Å². The number of para-hydroxylation sites is 1. The van der Waals surface area contributed by atoms with E-state index in [0.717, 1.165) is 4.47 Å². The fourth-order valence-corrected chi connectivity index (χ4v) is 6.35. The Morgan fingerprint density at radius 1 is 0.595 bits per heavy atom. The van der Waals surface area contributed by atoms with Crippen LogP contribution in [0.25, 0.3) is 23.3 Å². The van der Waals surface area contributed by atoms with Crippen molar-refractivity contribution >= 4 is 50.6 Å². The summed E-state index contributed by atoms with van der Waals surface area (Å²) in [6, 6.07) is 47.9. The average molecular weight is 605 g/mol. The third-order valence-electron chi connectivity index (χ3n) is 8.08. The van der Waals surface area contributed by atoms with Crippen molar-refractivity contribution in [1.82, 2.24) is 0 Å². The predicted molar refractivity (Wildman–Crippen MR) is 182 cm³/mol. The highest BCUT2D eigenvalue weighted by Gasteiger charge is 2.36. The molecule has 2 aliphatic rings. The number of fused-ring (bicyclic) bond motifs is 2. The molecule has 0 amide bonds. The second kappa shape index (κ2) is 11.7. The van der Waals surface area contributed by atoms with Crippen LogP contribution in [-0.4, -0.2) is 6.04 Å². The van der Waals surface area contributed by atoms with E-state index in [1.807, 2.05) is 0 Å². The summed E-state index contributed by atoms with van der Waals surface area (Å²) in [6.45, 7) is 0. The van der Waals surface area contributed by atoms with Gasteiger partial charge in [0.25, 0.3) is 0 Å². The zero-order valence-corrected chi connectivity index (χ0v) is 24.7. The summed E-state index contributed by atoms with van der Waals surface area (Å²) in [4.78, 5) is 2.50. The van der Waals surface area contributed by atoms with Gasteiger partial charge in [-0.25, -0.2) is 0 Å². The highest BCUT2D eigenvalue weighted by molar-refractivity contribution is 9.10. The summed E-state index contributed by atoms with van der Waals surface area (Å²) in [7, 11) is 0. The Morgan fingerprint density at radius 2 is 1.19 bits per heavy atom. The third kappa shape index (κ3) is 5.22. The van der Waals surface area contributed by atoms with Crippen LogP contribution in [0.1, 0.15) is 27.8 Å². The largest absolute Gasteiger partial charge is 0.333 e. The second-order valence-electron chi connectivity index (χ2n) is 10.7. The van der Waals surface area contributed by atoms with Gasteiger partial charge in [-0.15, -0.1) is 0 Å². The molecule has 1 aliphatic heterocycles. The van der Waals surface area contributed by atoms with Crippen LogP contribution in [0.2, 0.25) is 0 Å². The monoisotopic (exact) mass is 603 g/mol. The van der Waals surface area contributed by atoms with Crippen molar-refractivity contribution in [3.63, 3.8) is 0 Å². The maximum absolute atomic E-state index is 3.58. The number of allylic oxidation sites excluding steroid dienone is 2. The van der Waals surface area contributed by atoms with E-state index >= 15 is 0 Å². The van der Waals surface area contributed by atoms with Gasteiger partial charge < -0.3 is 4.90 Å². The summed E-state index contributed by atoms with van der Waals surface area (Å²) in [5.74, 6) is 0.246. The molecule has 1 aliphatic carbocycles. The van der Waals surface area contributed by atoms with Gasteiger partial charge in [0.15, 0.2) is 0 Å². The molecule has 0 aromatic heterocycles. The Hall–Kier alpha value is -4.66. The van der Waals surface area contributed by atoms with Crippen LogP contribution in [0.5, 0.6) is 0 Å². The standard InChI is InChI=1S/C40H30BrN/c41-33-23-19-29(20-24-33)28-38-35-15-7-9-17-39(35)42(40-18-10-8-16-36(38)40)34-25-21-30(22-26-34)27-37(31-11-3-1-4-12-31)32-13-5-2-6-14-32/h1-28,35,39H/b38-28+. The van der Waals surface area contributed by atoms with Gasteiger partial charge in [0.1, 0.15) is 0 Å². The zero-order valence-electron chi connectivity index (χ0n) is 23.1. The molecule has 42 heavy (non-hydrogen) atoms. The Kier molecular flexibility index (Phi) is 7.30. The molecule has 0 bridgehead atoms. The Balaban J connectivity index is 1.29. The van der Waals surface area contributed by atoms with Crippen LogP contribution in [0.4, 0.5) is 11.4 Å². The topological polar surface area (TPSA) is 3.24 Å². The predicted octanol–water partition coefficient (Wildman–Crippen LogP) is 10.8. The van der Waals surface area contributed by atoms with Gasteiger partial charge in [-0.05, 0) is 69.8 Å². The van der Waals surface area contributed by atoms with Gasteiger partial charge in [0.2, 0.25) is 0 Å². The molecular weight excluding hydrogens is 574 g/mol. The number of hydrogen-bond acceptors (Lipinski definition) is 1.